The van der Waals surface area contributed by atoms with Gasteiger partial charge in [-0.3, -0.25) is 19.7 Å². The van der Waals surface area contributed by atoms with Crippen molar-refractivity contribution in [3.05, 3.63) is 73.8 Å². The predicted octanol–water partition coefficient (Wildman–Crippen LogP) is 6.39. The van der Waals surface area contributed by atoms with Gasteiger partial charge in [-0.15, -0.1) is 11.8 Å². The molecule has 0 saturated heterocycles. The first-order chi connectivity index (χ1) is 17.3. The number of nitro groups is 1. The third kappa shape index (κ3) is 8.11. The summed E-state index contributed by atoms with van der Waals surface area (Å²) in [5.74, 6) is 0.415. The minimum atomic E-state index is -0.603. The van der Waals surface area contributed by atoms with Crippen molar-refractivity contribution in [2.24, 2.45) is 0 Å². The van der Waals surface area contributed by atoms with E-state index < -0.39 is 11.0 Å². The van der Waals surface area contributed by atoms with Crippen LogP contribution in [0.1, 0.15) is 56.6 Å². The number of nitro benzene ring substituents is 1. The number of non-ortho nitro benzene ring substituents is 1. The Kier molecular flexibility index (Phi) is 10.9. The number of halogens is 2. The molecule has 1 saturated carbocycles. The zero-order valence-corrected chi connectivity index (χ0v) is 22.6. The van der Waals surface area contributed by atoms with E-state index in [2.05, 4.69) is 5.32 Å². The van der Waals surface area contributed by atoms with E-state index in [1.807, 2.05) is 13.0 Å². The Morgan fingerprint density at radius 3 is 2.36 bits per heavy atom. The van der Waals surface area contributed by atoms with Crippen LogP contribution in [0.15, 0.2) is 42.5 Å². The van der Waals surface area contributed by atoms with Crippen LogP contribution in [-0.2, 0) is 21.9 Å². The lowest BCUT2D eigenvalue weighted by molar-refractivity contribution is -0.384. The summed E-state index contributed by atoms with van der Waals surface area (Å²) in [7, 11) is 0. The molecule has 2 amide bonds. The molecule has 0 aromatic heterocycles. The smallest absolute Gasteiger partial charge is 0.269 e. The second-order valence-electron chi connectivity index (χ2n) is 8.95. The Labute approximate surface area is 226 Å². The molecule has 1 aliphatic carbocycles. The summed E-state index contributed by atoms with van der Waals surface area (Å²) >= 11 is 13.7. The molecule has 2 aromatic rings. The van der Waals surface area contributed by atoms with Crippen LogP contribution in [0.3, 0.4) is 0 Å². The Balaban J connectivity index is 1.70. The molecule has 0 spiro atoms. The maximum absolute atomic E-state index is 13.4. The van der Waals surface area contributed by atoms with Gasteiger partial charge >= 0.3 is 0 Å². The van der Waals surface area contributed by atoms with Crippen molar-refractivity contribution in [2.45, 2.75) is 69.8 Å². The summed E-state index contributed by atoms with van der Waals surface area (Å²) < 4.78 is 0. The number of hydrogen-bond acceptors (Lipinski definition) is 5. The van der Waals surface area contributed by atoms with Gasteiger partial charge in [-0.25, -0.2) is 0 Å². The van der Waals surface area contributed by atoms with Gasteiger partial charge in [0.2, 0.25) is 11.8 Å². The second kappa shape index (κ2) is 13.9. The quantitative estimate of drug-likeness (QED) is 0.258. The number of nitrogens with one attached hydrogen (secondary N) is 1. The van der Waals surface area contributed by atoms with Crippen LogP contribution >= 0.6 is 35.0 Å². The molecule has 1 aliphatic rings. The van der Waals surface area contributed by atoms with E-state index in [0.29, 0.717) is 22.2 Å². The van der Waals surface area contributed by atoms with Crippen molar-refractivity contribution in [1.82, 2.24) is 10.2 Å². The number of amides is 2. The number of thioether (sulfide) groups is 1. The Morgan fingerprint density at radius 1 is 1.08 bits per heavy atom. The minimum Gasteiger partial charge on any atom is -0.352 e. The fourth-order valence-electron chi connectivity index (χ4n) is 4.35. The van der Waals surface area contributed by atoms with Crippen LogP contribution in [0, 0.1) is 10.1 Å². The van der Waals surface area contributed by atoms with Crippen molar-refractivity contribution < 1.29 is 14.5 Å². The topological polar surface area (TPSA) is 92.6 Å². The van der Waals surface area contributed by atoms with Gasteiger partial charge < -0.3 is 10.2 Å². The highest BCUT2D eigenvalue weighted by molar-refractivity contribution is 7.99. The van der Waals surface area contributed by atoms with E-state index >= 15 is 0 Å². The van der Waals surface area contributed by atoms with Gasteiger partial charge in [-0.1, -0.05) is 67.6 Å². The lowest BCUT2D eigenvalue weighted by atomic mass is 9.95. The standard InChI is InChI=1S/C26H31Cl2N3O4S/c1-2-24(26(33)29-20-6-4-3-5-7-20)30(15-19-10-13-22(27)23(28)14-19)25(32)17-36-16-18-8-11-21(12-9-18)31(34)35/h8-14,20,24H,2-7,15-17H2,1H3,(H,29,33)/t24-/m0/s1. The Hall–Kier alpha value is -2.29. The van der Waals surface area contributed by atoms with Crippen LogP contribution < -0.4 is 5.32 Å². The lowest BCUT2D eigenvalue weighted by Gasteiger charge is -2.33. The molecule has 0 radical (unpaired) electrons. The Morgan fingerprint density at radius 2 is 1.75 bits per heavy atom. The predicted molar refractivity (Wildman–Crippen MR) is 145 cm³/mol. The molecule has 1 fully saturated rings. The first-order valence-corrected chi connectivity index (χ1v) is 14.0. The van der Waals surface area contributed by atoms with Crippen LogP contribution in [0.25, 0.3) is 0 Å². The molecule has 0 unspecified atom stereocenters. The van der Waals surface area contributed by atoms with Gasteiger partial charge in [-0.2, -0.15) is 0 Å². The van der Waals surface area contributed by atoms with Crippen LogP contribution in [-0.4, -0.2) is 39.5 Å². The number of carbonyl (C=O) groups is 2. The van der Waals surface area contributed by atoms with E-state index in [-0.39, 0.29) is 35.8 Å². The van der Waals surface area contributed by atoms with Crippen molar-refractivity contribution in [2.75, 3.05) is 5.75 Å². The zero-order valence-electron chi connectivity index (χ0n) is 20.3. The fraction of sp³-hybridized carbons (Fsp3) is 0.462. The average molecular weight is 553 g/mol. The van der Waals surface area contributed by atoms with E-state index in [9.17, 15) is 19.7 Å². The van der Waals surface area contributed by atoms with E-state index in [0.717, 1.165) is 36.8 Å². The highest BCUT2D eigenvalue weighted by atomic mass is 35.5. The van der Waals surface area contributed by atoms with Gasteiger partial charge in [0.05, 0.1) is 20.7 Å². The van der Waals surface area contributed by atoms with Crippen molar-refractivity contribution >= 4 is 52.5 Å². The normalized spacial score (nSPS) is 14.8. The van der Waals surface area contributed by atoms with Gasteiger partial charge in [0.25, 0.3) is 5.69 Å². The first-order valence-electron chi connectivity index (χ1n) is 12.1. The third-order valence-electron chi connectivity index (χ3n) is 6.32. The highest BCUT2D eigenvalue weighted by Crippen LogP contribution is 2.25. The van der Waals surface area contributed by atoms with Crippen LogP contribution in [0.4, 0.5) is 5.69 Å². The molecule has 194 valence electrons. The van der Waals surface area contributed by atoms with E-state index in [1.165, 1.54) is 30.3 Å². The third-order valence-corrected chi connectivity index (χ3v) is 8.04. The Bertz CT molecular complexity index is 1060. The summed E-state index contributed by atoms with van der Waals surface area (Å²) in [6, 6.07) is 11.1. The van der Waals surface area contributed by atoms with Crippen LogP contribution in [0.5, 0.6) is 0 Å². The molecule has 0 heterocycles. The van der Waals surface area contributed by atoms with Crippen LogP contribution in [0.2, 0.25) is 10.0 Å². The largest absolute Gasteiger partial charge is 0.352 e. The minimum absolute atomic E-state index is 0.0300. The first kappa shape index (κ1) is 28.3. The average Bonchev–Trinajstić information content (AvgIpc) is 2.87. The number of benzene rings is 2. The fourth-order valence-corrected chi connectivity index (χ4v) is 5.54. The SMILES string of the molecule is CC[C@@H](C(=O)NC1CCCCC1)N(Cc1ccc(Cl)c(Cl)c1)C(=O)CSCc1ccc([N+](=O)[O-])cc1. The maximum atomic E-state index is 13.4. The van der Waals surface area contributed by atoms with Gasteiger partial charge in [0.15, 0.2) is 0 Å². The van der Waals surface area contributed by atoms with Crippen molar-refractivity contribution in [3.8, 4) is 0 Å². The number of carbonyl (C=O) groups excluding carboxylic acids is 2. The molecule has 1 atom stereocenters. The molecule has 7 nitrogen and oxygen atoms in total. The maximum Gasteiger partial charge on any atom is 0.269 e. The van der Waals surface area contributed by atoms with E-state index in [1.54, 1.807) is 29.2 Å². The van der Waals surface area contributed by atoms with Crippen molar-refractivity contribution in [3.63, 3.8) is 0 Å². The molecular formula is C26H31Cl2N3O4S. The number of rotatable bonds is 11. The molecule has 1 N–H and O–H groups in total. The summed E-state index contributed by atoms with van der Waals surface area (Å²) in [5.41, 5.74) is 1.71. The molecule has 2 aromatic carbocycles. The summed E-state index contributed by atoms with van der Waals surface area (Å²) in [5, 5.41) is 14.8. The van der Waals surface area contributed by atoms with Gasteiger partial charge in [-0.05, 0) is 42.5 Å². The summed E-state index contributed by atoms with van der Waals surface area (Å²) in [6.07, 6.45) is 5.82. The molecule has 0 aliphatic heterocycles. The molecule has 0 bridgehead atoms. The summed E-state index contributed by atoms with van der Waals surface area (Å²) in [6.45, 7) is 2.15. The lowest BCUT2D eigenvalue weighted by Crippen LogP contribution is -2.52. The van der Waals surface area contributed by atoms with Crippen molar-refractivity contribution in [1.29, 1.82) is 0 Å². The molecular weight excluding hydrogens is 521 g/mol. The zero-order chi connectivity index (χ0) is 26.1. The molecule has 3 rings (SSSR count). The van der Waals surface area contributed by atoms with Gasteiger partial charge in [0, 0.05) is 30.5 Å². The van der Waals surface area contributed by atoms with Gasteiger partial charge in [0.1, 0.15) is 6.04 Å². The monoisotopic (exact) mass is 551 g/mol. The number of nitrogens with zero attached hydrogens (tertiary/aromatic N) is 2. The number of hydrogen-bond donors (Lipinski definition) is 1. The molecule has 10 heteroatoms. The van der Waals surface area contributed by atoms with E-state index in [4.69, 9.17) is 23.2 Å². The molecule has 36 heavy (non-hydrogen) atoms. The summed E-state index contributed by atoms with van der Waals surface area (Å²) in [4.78, 5) is 38.7. The highest BCUT2D eigenvalue weighted by Gasteiger charge is 2.30. The second-order valence-corrected chi connectivity index (χ2v) is 10.8.